The minimum absolute atomic E-state index is 0.173. The van der Waals surface area contributed by atoms with E-state index in [-0.39, 0.29) is 5.41 Å². The van der Waals surface area contributed by atoms with Gasteiger partial charge >= 0.3 is 8.56 Å². The van der Waals surface area contributed by atoms with Crippen molar-refractivity contribution in [2.75, 3.05) is 14.2 Å². The maximum atomic E-state index is 5.53. The fourth-order valence-electron chi connectivity index (χ4n) is 1.86. The van der Waals surface area contributed by atoms with E-state index in [9.17, 15) is 0 Å². The molecule has 1 aromatic carbocycles. The lowest BCUT2D eigenvalue weighted by molar-refractivity contribution is 0.244. The molecule has 3 heteroatoms. The van der Waals surface area contributed by atoms with Crippen molar-refractivity contribution in [2.45, 2.75) is 38.3 Å². The highest BCUT2D eigenvalue weighted by molar-refractivity contribution is 6.65. The molecule has 0 atom stereocenters. The Morgan fingerprint density at radius 2 is 1.59 bits per heavy atom. The molecular weight excluding hydrogens is 228 g/mol. The third-order valence-corrected chi connectivity index (χ3v) is 6.51. The van der Waals surface area contributed by atoms with Crippen molar-refractivity contribution < 1.29 is 8.85 Å². The first-order valence-corrected chi connectivity index (χ1v) is 8.62. The summed E-state index contributed by atoms with van der Waals surface area (Å²) < 4.78 is 11.1. The molecule has 0 spiro atoms. The van der Waals surface area contributed by atoms with E-state index in [1.807, 2.05) is 0 Å². The number of rotatable bonds is 6. The second kappa shape index (κ2) is 5.80. The minimum Gasteiger partial charge on any atom is -0.398 e. The zero-order valence-corrected chi connectivity index (χ0v) is 12.6. The first-order chi connectivity index (χ1) is 7.93. The maximum absolute atomic E-state index is 5.53. The van der Waals surface area contributed by atoms with Gasteiger partial charge in [0.2, 0.25) is 0 Å². The lowest BCUT2D eigenvalue weighted by Gasteiger charge is -2.30. The van der Waals surface area contributed by atoms with Crippen molar-refractivity contribution in [1.29, 1.82) is 0 Å². The van der Waals surface area contributed by atoms with E-state index in [0.29, 0.717) is 0 Å². The second-order valence-corrected chi connectivity index (χ2v) is 8.88. The van der Waals surface area contributed by atoms with Gasteiger partial charge in [-0.05, 0) is 30.0 Å². The average Bonchev–Trinajstić information content (AvgIpc) is 2.37. The zero-order chi connectivity index (χ0) is 12.9. The topological polar surface area (TPSA) is 18.5 Å². The molecule has 0 N–H and O–H groups in total. The molecule has 0 aliphatic carbocycles. The summed E-state index contributed by atoms with van der Waals surface area (Å²) in [5, 5.41) is 0. The van der Waals surface area contributed by atoms with E-state index in [4.69, 9.17) is 8.85 Å². The molecule has 96 valence electrons. The molecule has 0 heterocycles. The summed E-state index contributed by atoms with van der Waals surface area (Å²) in [7, 11) is 1.57. The lowest BCUT2D eigenvalue weighted by Crippen LogP contribution is -2.37. The summed E-state index contributed by atoms with van der Waals surface area (Å²) in [6, 6.07) is 11.7. The van der Waals surface area contributed by atoms with Gasteiger partial charge in [0, 0.05) is 14.2 Å². The molecule has 0 aliphatic rings. The highest BCUT2D eigenvalue weighted by atomic mass is 28.4. The summed E-state index contributed by atoms with van der Waals surface area (Å²) in [5.41, 5.74) is 1.55. The van der Waals surface area contributed by atoms with Crippen LogP contribution in [0.25, 0.3) is 0 Å². The molecule has 2 nitrogen and oxygen atoms in total. The Morgan fingerprint density at radius 1 is 1.06 bits per heavy atom. The van der Waals surface area contributed by atoms with Gasteiger partial charge in [0.25, 0.3) is 0 Å². The average molecular weight is 252 g/mol. The summed E-state index contributed by atoms with van der Waals surface area (Å²) >= 11 is 0. The first kappa shape index (κ1) is 14.4. The molecule has 0 unspecified atom stereocenters. The fourth-order valence-corrected chi connectivity index (χ4v) is 3.51. The Labute approximate surface area is 106 Å². The number of hydrogen-bond acceptors (Lipinski definition) is 2. The van der Waals surface area contributed by atoms with Crippen LogP contribution in [0, 0.1) is 0 Å². The molecule has 0 bridgehead atoms. The zero-order valence-electron chi connectivity index (χ0n) is 11.6. The van der Waals surface area contributed by atoms with Crippen LogP contribution in [0.4, 0.5) is 0 Å². The summed E-state index contributed by atoms with van der Waals surface area (Å²) in [6.45, 7) is 6.68. The van der Waals surface area contributed by atoms with Gasteiger partial charge in [-0.15, -0.1) is 0 Å². The molecule has 0 fully saturated rings. The van der Waals surface area contributed by atoms with E-state index in [1.165, 1.54) is 5.56 Å². The number of benzene rings is 1. The van der Waals surface area contributed by atoms with Crippen molar-refractivity contribution in [3.63, 3.8) is 0 Å². The Hall–Kier alpha value is -0.643. The molecule has 0 amide bonds. The molecule has 0 aromatic heterocycles. The second-order valence-electron chi connectivity index (χ2n) is 5.29. The van der Waals surface area contributed by atoms with Crippen LogP contribution >= 0.6 is 0 Å². The smallest absolute Gasteiger partial charge is 0.334 e. The van der Waals surface area contributed by atoms with Gasteiger partial charge in [-0.1, -0.05) is 44.2 Å². The van der Waals surface area contributed by atoms with Crippen LogP contribution in [0.2, 0.25) is 12.6 Å². The van der Waals surface area contributed by atoms with Crippen molar-refractivity contribution in [2.24, 2.45) is 0 Å². The molecule has 0 radical (unpaired) electrons. The third-order valence-electron chi connectivity index (χ3n) is 3.62. The Bertz CT molecular complexity index is 331. The summed E-state index contributed by atoms with van der Waals surface area (Å²) in [4.78, 5) is 0. The van der Waals surface area contributed by atoms with E-state index < -0.39 is 8.56 Å². The fraction of sp³-hybridized carbons (Fsp3) is 0.571. The summed E-state index contributed by atoms with van der Waals surface area (Å²) in [5.74, 6) is 0. The van der Waals surface area contributed by atoms with E-state index in [0.717, 1.165) is 12.5 Å². The third kappa shape index (κ3) is 3.94. The molecule has 0 saturated heterocycles. The normalized spacial score (nSPS) is 12.8. The van der Waals surface area contributed by atoms with Gasteiger partial charge in [-0.25, -0.2) is 0 Å². The monoisotopic (exact) mass is 252 g/mol. The van der Waals surface area contributed by atoms with Crippen LogP contribution in [0.5, 0.6) is 0 Å². The molecule has 1 aromatic rings. The van der Waals surface area contributed by atoms with Crippen molar-refractivity contribution in [3.05, 3.63) is 35.9 Å². The van der Waals surface area contributed by atoms with Crippen LogP contribution in [-0.2, 0) is 14.3 Å². The highest BCUT2D eigenvalue weighted by Crippen LogP contribution is 2.31. The Balaban J connectivity index is 2.68. The lowest BCUT2D eigenvalue weighted by atomic mass is 9.82. The molecule has 0 saturated carbocycles. The van der Waals surface area contributed by atoms with Gasteiger partial charge in [0.1, 0.15) is 0 Å². The Kier molecular flexibility index (Phi) is 4.92. The van der Waals surface area contributed by atoms with Gasteiger partial charge in [-0.3, -0.25) is 0 Å². The van der Waals surface area contributed by atoms with Crippen molar-refractivity contribution in [1.82, 2.24) is 0 Å². The number of hydrogen-bond donors (Lipinski definition) is 0. The molecule has 17 heavy (non-hydrogen) atoms. The van der Waals surface area contributed by atoms with Gasteiger partial charge in [0.15, 0.2) is 0 Å². The van der Waals surface area contributed by atoms with Crippen LogP contribution < -0.4 is 0 Å². The van der Waals surface area contributed by atoms with Gasteiger partial charge in [-0.2, -0.15) is 0 Å². The van der Waals surface area contributed by atoms with E-state index in [1.54, 1.807) is 14.2 Å². The van der Waals surface area contributed by atoms with Crippen LogP contribution in [0.15, 0.2) is 30.3 Å². The summed E-state index contributed by atoms with van der Waals surface area (Å²) in [6.07, 6.45) is 1.08. The van der Waals surface area contributed by atoms with Gasteiger partial charge in [0.05, 0.1) is 0 Å². The molecule has 0 aliphatic heterocycles. The minimum atomic E-state index is -1.94. The van der Waals surface area contributed by atoms with Crippen molar-refractivity contribution >= 4 is 8.56 Å². The predicted octanol–water partition coefficient (Wildman–Crippen LogP) is 3.72. The first-order valence-electron chi connectivity index (χ1n) is 6.09. The standard InChI is InChI=1S/C14H24O2Si/c1-14(2,13-9-7-6-8-10-13)11-12-17(5,15-3)16-4/h6-10H,11-12H2,1-5H3. The van der Waals surface area contributed by atoms with Gasteiger partial charge < -0.3 is 8.85 Å². The Morgan fingerprint density at radius 3 is 2.06 bits per heavy atom. The van der Waals surface area contributed by atoms with Crippen LogP contribution in [-0.4, -0.2) is 22.8 Å². The van der Waals surface area contributed by atoms with Crippen molar-refractivity contribution in [3.8, 4) is 0 Å². The van der Waals surface area contributed by atoms with E-state index >= 15 is 0 Å². The van der Waals surface area contributed by atoms with Crippen LogP contribution in [0.1, 0.15) is 25.8 Å². The largest absolute Gasteiger partial charge is 0.398 e. The molecule has 1 rings (SSSR count). The maximum Gasteiger partial charge on any atom is 0.334 e. The van der Waals surface area contributed by atoms with E-state index in [2.05, 4.69) is 50.7 Å². The highest BCUT2D eigenvalue weighted by Gasteiger charge is 2.32. The SMILES string of the molecule is CO[Si](C)(CCC(C)(C)c1ccccc1)OC. The molecular formula is C14H24O2Si. The van der Waals surface area contributed by atoms with Crippen LogP contribution in [0.3, 0.4) is 0 Å². The quantitative estimate of drug-likeness (QED) is 0.718. The predicted molar refractivity (Wildman–Crippen MR) is 74.5 cm³/mol.